The number of carbonyl (C=O) groups excluding carboxylic acids is 1. The molecule has 5 nitrogen and oxygen atoms in total. The lowest BCUT2D eigenvalue weighted by molar-refractivity contribution is -0.124. The summed E-state index contributed by atoms with van der Waals surface area (Å²) >= 11 is 5.98. The SMILES string of the molecule is CCn1cc([C@@H]2NC(=O)CC[C@H]2NC2CC(c3ccc(Cl)cc3)C2)cn1. The van der Waals surface area contributed by atoms with Crippen molar-refractivity contribution in [1.82, 2.24) is 20.4 Å². The molecule has 1 aromatic carbocycles. The summed E-state index contributed by atoms with van der Waals surface area (Å²) in [6, 6.07) is 8.97. The summed E-state index contributed by atoms with van der Waals surface area (Å²) in [5, 5.41) is 12.1. The summed E-state index contributed by atoms with van der Waals surface area (Å²) in [5.41, 5.74) is 2.45. The van der Waals surface area contributed by atoms with Gasteiger partial charge in [-0.3, -0.25) is 9.48 Å². The Balaban J connectivity index is 1.38. The van der Waals surface area contributed by atoms with Crippen molar-refractivity contribution in [2.24, 2.45) is 0 Å². The van der Waals surface area contributed by atoms with Crippen molar-refractivity contribution in [3.63, 3.8) is 0 Å². The largest absolute Gasteiger partial charge is 0.348 e. The molecule has 0 spiro atoms. The molecule has 26 heavy (non-hydrogen) atoms. The van der Waals surface area contributed by atoms with Crippen molar-refractivity contribution in [3.05, 3.63) is 52.8 Å². The Morgan fingerprint density at radius 1 is 1.27 bits per heavy atom. The minimum absolute atomic E-state index is 0.00568. The molecule has 4 rings (SSSR count). The molecule has 2 aliphatic rings. The van der Waals surface area contributed by atoms with Crippen LogP contribution < -0.4 is 10.6 Å². The first-order valence-electron chi connectivity index (χ1n) is 9.45. The first-order valence-corrected chi connectivity index (χ1v) is 9.83. The van der Waals surface area contributed by atoms with Crippen LogP contribution in [0.2, 0.25) is 5.02 Å². The van der Waals surface area contributed by atoms with Crippen LogP contribution in [0.5, 0.6) is 0 Å². The van der Waals surface area contributed by atoms with Gasteiger partial charge in [0.1, 0.15) is 0 Å². The van der Waals surface area contributed by atoms with Crippen LogP contribution >= 0.6 is 11.6 Å². The van der Waals surface area contributed by atoms with E-state index in [1.54, 1.807) is 0 Å². The Morgan fingerprint density at radius 2 is 2.04 bits per heavy atom. The van der Waals surface area contributed by atoms with Crippen LogP contribution in [0.15, 0.2) is 36.7 Å². The molecule has 2 atom stereocenters. The first kappa shape index (κ1) is 17.6. The number of halogens is 1. The average molecular weight is 373 g/mol. The average Bonchev–Trinajstić information content (AvgIpc) is 3.09. The van der Waals surface area contributed by atoms with Crippen molar-refractivity contribution in [2.75, 3.05) is 0 Å². The minimum atomic E-state index is 0.00568. The first-order chi connectivity index (χ1) is 12.6. The van der Waals surface area contributed by atoms with E-state index in [1.807, 2.05) is 29.2 Å². The molecular weight excluding hydrogens is 348 g/mol. The summed E-state index contributed by atoms with van der Waals surface area (Å²) in [4.78, 5) is 11.9. The van der Waals surface area contributed by atoms with Crippen molar-refractivity contribution < 1.29 is 4.79 Å². The second-order valence-electron chi connectivity index (χ2n) is 7.40. The number of aryl methyl sites for hydroxylation is 1. The van der Waals surface area contributed by atoms with Crippen LogP contribution in [0, 0.1) is 0 Å². The highest BCUT2D eigenvalue weighted by molar-refractivity contribution is 6.30. The van der Waals surface area contributed by atoms with Crippen LogP contribution in [-0.2, 0) is 11.3 Å². The molecule has 2 aromatic rings. The normalized spacial score (nSPS) is 28.5. The van der Waals surface area contributed by atoms with E-state index in [9.17, 15) is 4.79 Å². The van der Waals surface area contributed by atoms with Crippen LogP contribution in [0.4, 0.5) is 0 Å². The van der Waals surface area contributed by atoms with E-state index in [0.717, 1.165) is 36.4 Å². The van der Waals surface area contributed by atoms with Gasteiger partial charge >= 0.3 is 0 Å². The second-order valence-corrected chi connectivity index (χ2v) is 7.84. The fourth-order valence-electron chi connectivity index (χ4n) is 4.07. The van der Waals surface area contributed by atoms with Gasteiger partial charge in [0, 0.05) is 41.8 Å². The molecular formula is C20H25ClN4O. The number of hydrogen-bond acceptors (Lipinski definition) is 3. The highest BCUT2D eigenvalue weighted by Gasteiger charge is 2.36. The Hall–Kier alpha value is -1.85. The fourth-order valence-corrected chi connectivity index (χ4v) is 4.20. The van der Waals surface area contributed by atoms with Crippen molar-refractivity contribution in [3.8, 4) is 0 Å². The van der Waals surface area contributed by atoms with E-state index >= 15 is 0 Å². The van der Waals surface area contributed by atoms with Crippen molar-refractivity contribution >= 4 is 17.5 Å². The molecule has 1 saturated heterocycles. The van der Waals surface area contributed by atoms with E-state index in [1.165, 1.54) is 5.56 Å². The highest BCUT2D eigenvalue weighted by Crippen LogP contribution is 2.38. The number of benzene rings is 1. The fraction of sp³-hybridized carbons (Fsp3) is 0.500. The van der Waals surface area contributed by atoms with Gasteiger partial charge in [-0.05, 0) is 49.8 Å². The number of piperidine rings is 1. The summed E-state index contributed by atoms with van der Waals surface area (Å²) in [7, 11) is 0. The van der Waals surface area contributed by atoms with Crippen LogP contribution in [0.3, 0.4) is 0 Å². The predicted molar refractivity (Wildman–Crippen MR) is 102 cm³/mol. The van der Waals surface area contributed by atoms with Crippen molar-refractivity contribution in [2.45, 2.75) is 63.2 Å². The van der Waals surface area contributed by atoms with Gasteiger partial charge in [-0.25, -0.2) is 0 Å². The van der Waals surface area contributed by atoms with E-state index in [4.69, 9.17) is 11.6 Å². The quantitative estimate of drug-likeness (QED) is 0.845. The zero-order valence-corrected chi connectivity index (χ0v) is 15.7. The van der Waals surface area contributed by atoms with Gasteiger partial charge in [0.2, 0.25) is 5.91 Å². The summed E-state index contributed by atoms with van der Waals surface area (Å²) in [6.07, 6.45) is 7.65. The molecule has 0 bridgehead atoms. The minimum Gasteiger partial charge on any atom is -0.348 e. The molecule has 1 aromatic heterocycles. The molecule has 2 N–H and O–H groups in total. The molecule has 1 saturated carbocycles. The Morgan fingerprint density at radius 3 is 2.73 bits per heavy atom. The summed E-state index contributed by atoms with van der Waals surface area (Å²) in [6.45, 7) is 2.90. The Bertz CT molecular complexity index is 766. The maximum atomic E-state index is 11.9. The number of aromatic nitrogens is 2. The lowest BCUT2D eigenvalue weighted by atomic mass is 9.75. The van der Waals surface area contributed by atoms with E-state index in [2.05, 4.69) is 34.8 Å². The highest BCUT2D eigenvalue weighted by atomic mass is 35.5. The maximum absolute atomic E-state index is 11.9. The van der Waals surface area contributed by atoms with Gasteiger partial charge in [-0.1, -0.05) is 23.7 Å². The zero-order valence-electron chi connectivity index (χ0n) is 15.0. The topological polar surface area (TPSA) is 59.0 Å². The number of amides is 1. The van der Waals surface area contributed by atoms with Gasteiger partial charge in [0.05, 0.1) is 12.2 Å². The van der Waals surface area contributed by atoms with Crippen LogP contribution in [0.1, 0.15) is 55.7 Å². The van der Waals surface area contributed by atoms with E-state index < -0.39 is 0 Å². The van der Waals surface area contributed by atoms with Crippen molar-refractivity contribution in [1.29, 1.82) is 0 Å². The number of rotatable bonds is 5. The van der Waals surface area contributed by atoms with Gasteiger partial charge in [0.25, 0.3) is 0 Å². The number of carbonyl (C=O) groups is 1. The van der Waals surface area contributed by atoms with Gasteiger partial charge in [-0.15, -0.1) is 0 Å². The smallest absolute Gasteiger partial charge is 0.220 e. The third-order valence-corrected chi connectivity index (χ3v) is 5.92. The van der Waals surface area contributed by atoms with E-state index in [0.29, 0.717) is 18.4 Å². The zero-order chi connectivity index (χ0) is 18.1. The number of nitrogens with zero attached hydrogens (tertiary/aromatic N) is 2. The summed E-state index contributed by atoms with van der Waals surface area (Å²) in [5.74, 6) is 0.731. The Labute approximate surface area is 159 Å². The lowest BCUT2D eigenvalue weighted by Crippen LogP contribution is -2.53. The van der Waals surface area contributed by atoms with Gasteiger partial charge < -0.3 is 10.6 Å². The number of hydrogen-bond donors (Lipinski definition) is 2. The molecule has 2 heterocycles. The molecule has 1 aliphatic carbocycles. The lowest BCUT2D eigenvalue weighted by Gasteiger charge is -2.42. The molecule has 2 fully saturated rings. The van der Waals surface area contributed by atoms with Gasteiger partial charge in [0.15, 0.2) is 0 Å². The molecule has 0 unspecified atom stereocenters. The molecule has 1 amide bonds. The third kappa shape index (κ3) is 3.64. The Kier molecular flexibility index (Phi) is 5.00. The maximum Gasteiger partial charge on any atom is 0.220 e. The molecule has 138 valence electrons. The monoisotopic (exact) mass is 372 g/mol. The van der Waals surface area contributed by atoms with E-state index in [-0.39, 0.29) is 18.0 Å². The predicted octanol–water partition coefficient (Wildman–Crippen LogP) is 3.41. The van der Waals surface area contributed by atoms with Crippen LogP contribution in [-0.4, -0.2) is 27.8 Å². The molecule has 6 heteroatoms. The number of nitrogens with one attached hydrogen (secondary N) is 2. The van der Waals surface area contributed by atoms with Crippen LogP contribution in [0.25, 0.3) is 0 Å². The van der Waals surface area contributed by atoms with Gasteiger partial charge in [-0.2, -0.15) is 5.10 Å². The summed E-state index contributed by atoms with van der Waals surface area (Å²) < 4.78 is 1.91. The molecule has 0 radical (unpaired) electrons. The standard InChI is InChI=1S/C20H25ClN4O/c1-2-25-12-15(11-22-25)20-18(7-8-19(26)24-20)23-17-9-14(10-17)13-3-5-16(21)6-4-13/h3-6,11-12,14,17-18,20,23H,2,7-10H2,1H3,(H,24,26)/t14?,17?,18-,20+/m1/s1. The third-order valence-electron chi connectivity index (χ3n) is 5.67. The second kappa shape index (κ2) is 7.41. The molecule has 1 aliphatic heterocycles.